The minimum Gasteiger partial charge on any atom is -0.366 e. The van der Waals surface area contributed by atoms with Gasteiger partial charge in [0.1, 0.15) is 5.82 Å². The first-order chi connectivity index (χ1) is 14.6. The average Bonchev–Trinajstić information content (AvgIpc) is 3.39. The summed E-state index contributed by atoms with van der Waals surface area (Å²) in [7, 11) is 0. The van der Waals surface area contributed by atoms with Crippen molar-refractivity contribution >= 4 is 11.6 Å². The highest BCUT2D eigenvalue weighted by atomic mass is 19.1. The highest BCUT2D eigenvalue weighted by Gasteiger charge is 2.11. The average molecular weight is 398 g/mol. The molecule has 0 aliphatic heterocycles. The van der Waals surface area contributed by atoms with Gasteiger partial charge in [-0.05, 0) is 59.5 Å². The van der Waals surface area contributed by atoms with Crippen LogP contribution in [0.15, 0.2) is 79.3 Å². The summed E-state index contributed by atoms with van der Waals surface area (Å²) in [5, 5.41) is 8.64. The van der Waals surface area contributed by atoms with Crippen molar-refractivity contribution in [2.45, 2.75) is 13.0 Å². The topological polar surface area (TPSA) is 74.0 Å². The Morgan fingerprint density at radius 1 is 0.933 bits per heavy atom. The Morgan fingerprint density at radius 2 is 1.67 bits per heavy atom. The monoisotopic (exact) mass is 398 g/mol. The van der Waals surface area contributed by atoms with Gasteiger partial charge in [0.25, 0.3) is 0 Å². The van der Waals surface area contributed by atoms with Crippen molar-refractivity contribution in [3.8, 4) is 22.3 Å². The SMILES string of the molecule is C[C@H](c1ccc(F)cc1)n1cc(-c2cccc(-c3ccn4nc(N)nc4c3)c2)cn1. The summed E-state index contributed by atoms with van der Waals surface area (Å²) in [6.45, 7) is 2.04. The molecule has 0 aliphatic carbocycles. The fraction of sp³-hybridized carbons (Fsp3) is 0.0870. The van der Waals surface area contributed by atoms with E-state index in [4.69, 9.17) is 5.73 Å². The summed E-state index contributed by atoms with van der Waals surface area (Å²) in [5.41, 5.74) is 11.6. The first kappa shape index (κ1) is 18.1. The second kappa shape index (κ2) is 7.11. The molecule has 0 fully saturated rings. The molecule has 0 saturated carbocycles. The van der Waals surface area contributed by atoms with Crippen molar-refractivity contribution in [2.75, 3.05) is 5.73 Å². The first-order valence-corrected chi connectivity index (χ1v) is 9.59. The lowest BCUT2D eigenvalue weighted by Crippen LogP contribution is -2.06. The zero-order valence-electron chi connectivity index (χ0n) is 16.3. The van der Waals surface area contributed by atoms with Crippen molar-refractivity contribution in [1.82, 2.24) is 24.4 Å². The van der Waals surface area contributed by atoms with E-state index in [9.17, 15) is 4.39 Å². The molecule has 0 radical (unpaired) electrons. The minimum absolute atomic E-state index is 0.00309. The van der Waals surface area contributed by atoms with Gasteiger partial charge in [-0.25, -0.2) is 8.91 Å². The molecule has 0 amide bonds. The van der Waals surface area contributed by atoms with Crippen molar-refractivity contribution in [1.29, 1.82) is 0 Å². The van der Waals surface area contributed by atoms with Gasteiger partial charge in [0.05, 0.1) is 12.2 Å². The minimum atomic E-state index is -0.240. The van der Waals surface area contributed by atoms with Gasteiger partial charge >= 0.3 is 0 Å². The van der Waals surface area contributed by atoms with Gasteiger partial charge in [-0.2, -0.15) is 10.1 Å². The van der Waals surface area contributed by atoms with Gasteiger partial charge in [0.15, 0.2) is 5.65 Å². The van der Waals surface area contributed by atoms with Crippen LogP contribution in [-0.2, 0) is 0 Å². The third kappa shape index (κ3) is 3.30. The molecule has 0 saturated heterocycles. The van der Waals surface area contributed by atoms with E-state index in [1.54, 1.807) is 16.6 Å². The Kier molecular flexibility index (Phi) is 4.28. The largest absolute Gasteiger partial charge is 0.366 e. The van der Waals surface area contributed by atoms with E-state index in [2.05, 4.69) is 33.4 Å². The van der Waals surface area contributed by atoms with Gasteiger partial charge in [-0.15, -0.1) is 5.10 Å². The number of nitrogens with zero attached hydrogens (tertiary/aromatic N) is 5. The molecule has 148 valence electrons. The number of nitrogens with two attached hydrogens (primary N) is 1. The van der Waals surface area contributed by atoms with Crippen LogP contribution >= 0.6 is 0 Å². The van der Waals surface area contributed by atoms with Crippen LogP contribution in [0.25, 0.3) is 27.9 Å². The highest BCUT2D eigenvalue weighted by Crippen LogP contribution is 2.28. The molecule has 3 heterocycles. The van der Waals surface area contributed by atoms with Crippen molar-refractivity contribution in [2.24, 2.45) is 0 Å². The van der Waals surface area contributed by atoms with E-state index >= 15 is 0 Å². The normalized spacial score (nSPS) is 12.3. The van der Waals surface area contributed by atoms with Gasteiger partial charge in [0.2, 0.25) is 5.95 Å². The van der Waals surface area contributed by atoms with Crippen molar-refractivity contribution in [3.05, 3.63) is 90.6 Å². The Bertz CT molecular complexity index is 1340. The second-order valence-electron chi connectivity index (χ2n) is 7.21. The molecule has 5 aromatic rings. The third-order valence-electron chi connectivity index (χ3n) is 5.23. The first-order valence-electron chi connectivity index (χ1n) is 9.59. The lowest BCUT2D eigenvalue weighted by molar-refractivity contribution is 0.561. The Morgan fingerprint density at radius 3 is 2.47 bits per heavy atom. The molecule has 30 heavy (non-hydrogen) atoms. The molecule has 6 nitrogen and oxygen atoms in total. The van der Waals surface area contributed by atoms with Crippen LogP contribution in [0.4, 0.5) is 10.3 Å². The molecule has 1 atom stereocenters. The Labute approximate surface area is 172 Å². The number of halogens is 1. The molecule has 0 aliphatic rings. The molecule has 0 bridgehead atoms. The summed E-state index contributed by atoms with van der Waals surface area (Å²) in [4.78, 5) is 4.23. The number of hydrogen-bond acceptors (Lipinski definition) is 4. The Hall–Kier alpha value is -4.00. The number of benzene rings is 2. The number of nitrogen functional groups attached to an aromatic ring is 1. The smallest absolute Gasteiger partial charge is 0.240 e. The molecule has 0 unspecified atom stereocenters. The lowest BCUT2D eigenvalue weighted by Gasteiger charge is -2.12. The second-order valence-corrected chi connectivity index (χ2v) is 7.21. The standard InChI is InChI=1S/C23H19FN6/c1-15(16-5-7-21(24)8-6-16)30-14-20(13-26-30)18-4-2-3-17(11-18)19-9-10-29-22(12-19)27-23(25)28-29/h2-15H,1H3,(H2,25,28)/t15-/m1/s1. The molecular formula is C23H19FN6. The Balaban J connectivity index is 1.46. The molecule has 2 N–H and O–H groups in total. The molecule has 5 rings (SSSR count). The summed E-state index contributed by atoms with van der Waals surface area (Å²) in [5.74, 6) is 0.0134. The molecule has 7 heteroatoms. The van der Waals surface area contributed by atoms with Crippen LogP contribution < -0.4 is 5.73 Å². The number of hydrogen-bond donors (Lipinski definition) is 1. The van der Waals surface area contributed by atoms with Crippen LogP contribution in [0.1, 0.15) is 18.5 Å². The number of aromatic nitrogens is 5. The van der Waals surface area contributed by atoms with Crippen LogP contribution in [0.2, 0.25) is 0 Å². The maximum atomic E-state index is 13.2. The van der Waals surface area contributed by atoms with Crippen molar-refractivity contribution < 1.29 is 4.39 Å². The quantitative estimate of drug-likeness (QED) is 0.480. The summed E-state index contributed by atoms with van der Waals surface area (Å²) in [6.07, 6.45) is 5.71. The predicted molar refractivity (Wildman–Crippen MR) is 114 cm³/mol. The van der Waals surface area contributed by atoms with E-state index in [0.29, 0.717) is 5.65 Å². The third-order valence-corrected chi connectivity index (χ3v) is 5.23. The van der Waals surface area contributed by atoms with Gasteiger partial charge in [0, 0.05) is 18.0 Å². The van der Waals surface area contributed by atoms with E-state index in [-0.39, 0.29) is 17.8 Å². The fourth-order valence-corrected chi connectivity index (χ4v) is 3.55. The maximum absolute atomic E-state index is 13.2. The summed E-state index contributed by atoms with van der Waals surface area (Å²) in [6, 6.07) is 18.7. The van der Waals surface area contributed by atoms with Crippen LogP contribution in [-0.4, -0.2) is 24.4 Å². The predicted octanol–water partition coefficient (Wildman–Crippen LogP) is 4.59. The fourth-order valence-electron chi connectivity index (χ4n) is 3.55. The van der Waals surface area contributed by atoms with Crippen LogP contribution in [0.3, 0.4) is 0 Å². The maximum Gasteiger partial charge on any atom is 0.240 e. The molecule has 2 aromatic carbocycles. The summed E-state index contributed by atoms with van der Waals surface area (Å²) >= 11 is 0. The van der Waals surface area contributed by atoms with E-state index in [1.807, 2.05) is 48.4 Å². The van der Waals surface area contributed by atoms with Crippen molar-refractivity contribution in [3.63, 3.8) is 0 Å². The molecular weight excluding hydrogens is 379 g/mol. The highest BCUT2D eigenvalue weighted by molar-refractivity contribution is 5.74. The van der Waals surface area contributed by atoms with Gasteiger partial charge in [-0.1, -0.05) is 30.3 Å². The number of anilines is 1. The number of rotatable bonds is 4. The zero-order chi connectivity index (χ0) is 20.7. The number of pyridine rings is 1. The van der Waals surface area contributed by atoms with Gasteiger partial charge < -0.3 is 5.73 Å². The number of fused-ring (bicyclic) bond motifs is 1. The van der Waals surface area contributed by atoms with E-state index in [1.165, 1.54) is 12.1 Å². The lowest BCUT2D eigenvalue weighted by atomic mass is 10.0. The van der Waals surface area contributed by atoms with Crippen LogP contribution in [0.5, 0.6) is 0 Å². The molecule has 3 aromatic heterocycles. The van der Waals surface area contributed by atoms with Crippen LogP contribution in [0, 0.1) is 5.82 Å². The van der Waals surface area contributed by atoms with Gasteiger partial charge in [-0.3, -0.25) is 4.68 Å². The molecule has 0 spiro atoms. The van der Waals surface area contributed by atoms with E-state index in [0.717, 1.165) is 27.8 Å². The van der Waals surface area contributed by atoms with E-state index < -0.39 is 0 Å². The summed E-state index contributed by atoms with van der Waals surface area (Å²) < 4.78 is 16.8. The zero-order valence-corrected chi connectivity index (χ0v) is 16.3.